The largest absolute Gasteiger partial charge is 0.355 e. The van der Waals surface area contributed by atoms with Crippen molar-refractivity contribution in [2.45, 2.75) is 31.3 Å². The van der Waals surface area contributed by atoms with Crippen molar-refractivity contribution in [3.8, 4) is 6.07 Å². The fourth-order valence-electron chi connectivity index (χ4n) is 4.14. The summed E-state index contributed by atoms with van der Waals surface area (Å²) in [5.74, 6) is 1.07. The Morgan fingerprint density at radius 3 is 2.96 bits per heavy atom. The van der Waals surface area contributed by atoms with Gasteiger partial charge in [-0.3, -0.25) is 4.79 Å². The molecule has 2 fully saturated rings. The molecule has 2 aliphatic heterocycles. The third-order valence-corrected chi connectivity index (χ3v) is 5.40. The molecule has 6 heteroatoms. The second-order valence-corrected chi connectivity index (χ2v) is 6.98. The minimum atomic E-state index is -0.0404. The summed E-state index contributed by atoms with van der Waals surface area (Å²) >= 11 is 0. The summed E-state index contributed by atoms with van der Waals surface area (Å²) in [6, 6.07) is 10.5. The second kappa shape index (κ2) is 6.41. The lowest BCUT2D eigenvalue weighted by Crippen LogP contribution is -2.46. The molecular weight excluding hydrogens is 314 g/mol. The average molecular weight is 337 g/mol. The number of fused-ring (bicyclic) bond motifs is 1. The van der Waals surface area contributed by atoms with Gasteiger partial charge < -0.3 is 20.1 Å². The van der Waals surface area contributed by atoms with Gasteiger partial charge in [0.25, 0.3) is 0 Å². The number of nitrogens with one attached hydrogen (secondary N) is 2. The number of rotatable bonds is 3. The lowest BCUT2D eigenvalue weighted by Gasteiger charge is -2.21. The van der Waals surface area contributed by atoms with Crippen LogP contribution >= 0.6 is 0 Å². The van der Waals surface area contributed by atoms with Crippen LogP contribution in [0.15, 0.2) is 24.3 Å². The molecule has 1 aromatic carbocycles. The first-order valence-corrected chi connectivity index (χ1v) is 8.95. The number of hydrogen-bond acceptors (Lipinski definition) is 4. The van der Waals surface area contributed by atoms with E-state index in [-0.39, 0.29) is 18.0 Å². The van der Waals surface area contributed by atoms with Gasteiger partial charge in [-0.05, 0) is 31.9 Å². The van der Waals surface area contributed by atoms with Crippen LogP contribution in [0.5, 0.6) is 0 Å². The van der Waals surface area contributed by atoms with E-state index in [0.29, 0.717) is 0 Å². The molecule has 2 unspecified atom stereocenters. The predicted molar refractivity (Wildman–Crippen MR) is 97.4 cm³/mol. The number of hydrogen-bond donors (Lipinski definition) is 2. The third-order valence-electron chi connectivity index (χ3n) is 5.40. The van der Waals surface area contributed by atoms with Gasteiger partial charge in [0.1, 0.15) is 17.5 Å². The Morgan fingerprint density at radius 2 is 2.20 bits per heavy atom. The molecule has 0 radical (unpaired) electrons. The number of carbonyl (C=O) groups is 1. The summed E-state index contributed by atoms with van der Waals surface area (Å²) in [6.07, 6.45) is 2.89. The van der Waals surface area contributed by atoms with Crippen molar-refractivity contribution in [2.75, 3.05) is 24.5 Å². The molecule has 4 rings (SSSR count). The van der Waals surface area contributed by atoms with Gasteiger partial charge in [-0.25, -0.2) is 0 Å². The molecule has 0 aliphatic carbocycles. The molecule has 130 valence electrons. The van der Waals surface area contributed by atoms with E-state index in [9.17, 15) is 10.1 Å². The fraction of sp³-hybridized carbons (Fsp3) is 0.474. The predicted octanol–water partition coefficient (Wildman–Crippen LogP) is 1.50. The second-order valence-electron chi connectivity index (χ2n) is 6.98. The Morgan fingerprint density at radius 1 is 1.36 bits per heavy atom. The van der Waals surface area contributed by atoms with Crippen molar-refractivity contribution >= 4 is 22.6 Å². The number of carbonyl (C=O) groups excluding carboxylic acids is 1. The molecule has 2 saturated heterocycles. The highest BCUT2D eigenvalue weighted by Crippen LogP contribution is 2.33. The van der Waals surface area contributed by atoms with Crippen LogP contribution in [0, 0.1) is 11.3 Å². The first-order chi connectivity index (χ1) is 12.2. The quantitative estimate of drug-likeness (QED) is 0.890. The number of anilines is 1. The number of aryl methyl sites for hydroxylation is 1. The van der Waals surface area contributed by atoms with Gasteiger partial charge in [0, 0.05) is 31.6 Å². The zero-order valence-electron chi connectivity index (χ0n) is 14.5. The summed E-state index contributed by atoms with van der Waals surface area (Å²) in [4.78, 5) is 14.6. The van der Waals surface area contributed by atoms with E-state index < -0.39 is 0 Å². The molecule has 25 heavy (non-hydrogen) atoms. The molecule has 0 spiro atoms. The number of nitriles is 1. The highest BCUT2D eigenvalue weighted by molar-refractivity contribution is 5.93. The van der Waals surface area contributed by atoms with Crippen molar-refractivity contribution in [3.05, 3.63) is 29.8 Å². The van der Waals surface area contributed by atoms with E-state index in [1.54, 1.807) is 0 Å². The van der Waals surface area contributed by atoms with Gasteiger partial charge in [0.15, 0.2) is 0 Å². The fourth-order valence-corrected chi connectivity index (χ4v) is 4.14. The summed E-state index contributed by atoms with van der Waals surface area (Å²) in [6.45, 7) is 2.52. The highest BCUT2D eigenvalue weighted by Gasteiger charge is 2.31. The van der Waals surface area contributed by atoms with E-state index in [1.165, 1.54) is 0 Å². The Hall–Kier alpha value is -2.52. The highest BCUT2D eigenvalue weighted by atomic mass is 16.2. The van der Waals surface area contributed by atoms with Crippen molar-refractivity contribution in [1.29, 1.82) is 5.26 Å². The van der Waals surface area contributed by atoms with Crippen LogP contribution in [0.2, 0.25) is 0 Å². The van der Waals surface area contributed by atoms with Crippen LogP contribution in [0.25, 0.3) is 10.9 Å². The molecule has 6 nitrogen and oxygen atoms in total. The van der Waals surface area contributed by atoms with Crippen LogP contribution in [0.1, 0.15) is 24.8 Å². The average Bonchev–Trinajstić information content (AvgIpc) is 3.35. The Balaban J connectivity index is 1.54. The van der Waals surface area contributed by atoms with Crippen LogP contribution in [0.3, 0.4) is 0 Å². The summed E-state index contributed by atoms with van der Waals surface area (Å²) in [7, 11) is 2.01. The van der Waals surface area contributed by atoms with Crippen molar-refractivity contribution in [2.24, 2.45) is 7.05 Å². The maximum Gasteiger partial charge on any atom is 0.237 e. The first kappa shape index (κ1) is 16.0. The lowest BCUT2D eigenvalue weighted by molar-refractivity contribution is -0.123. The minimum absolute atomic E-state index is 0.0404. The standard InChI is InChI=1S/C19H23N5O/c1-23-17-7-3-2-5-14(17)15(11-20)19(23)24-10-8-13(12-24)22-18(25)16-6-4-9-21-16/h2-3,5,7,13,16,21H,4,6,8-10,12H2,1H3,(H,22,25). The first-order valence-electron chi connectivity index (χ1n) is 8.95. The number of amides is 1. The normalized spacial score (nSPS) is 23.1. The topological polar surface area (TPSA) is 73.1 Å². The van der Waals surface area contributed by atoms with E-state index in [0.717, 1.165) is 61.2 Å². The van der Waals surface area contributed by atoms with Gasteiger partial charge in [-0.15, -0.1) is 0 Å². The molecular formula is C19H23N5O. The summed E-state index contributed by atoms with van der Waals surface area (Å²) < 4.78 is 2.09. The minimum Gasteiger partial charge on any atom is -0.355 e. The molecule has 2 aromatic rings. The third kappa shape index (κ3) is 2.75. The zero-order valence-corrected chi connectivity index (χ0v) is 14.5. The smallest absolute Gasteiger partial charge is 0.237 e. The van der Waals surface area contributed by atoms with Crippen molar-refractivity contribution < 1.29 is 4.79 Å². The monoisotopic (exact) mass is 337 g/mol. The molecule has 3 heterocycles. The van der Waals surface area contributed by atoms with Gasteiger partial charge in [0.05, 0.1) is 11.6 Å². The Bertz CT molecular complexity index is 843. The molecule has 1 aromatic heterocycles. The lowest BCUT2D eigenvalue weighted by atomic mass is 10.2. The van der Waals surface area contributed by atoms with Crippen LogP contribution < -0.4 is 15.5 Å². The van der Waals surface area contributed by atoms with Crippen LogP contribution in [0.4, 0.5) is 5.82 Å². The van der Waals surface area contributed by atoms with Crippen LogP contribution in [-0.2, 0) is 11.8 Å². The van der Waals surface area contributed by atoms with Gasteiger partial charge in [0.2, 0.25) is 5.91 Å². The van der Waals surface area contributed by atoms with Crippen molar-refractivity contribution in [1.82, 2.24) is 15.2 Å². The molecule has 0 saturated carbocycles. The van der Waals surface area contributed by atoms with Crippen LogP contribution in [-0.4, -0.2) is 42.2 Å². The zero-order chi connectivity index (χ0) is 17.4. The Labute approximate surface area is 147 Å². The summed E-state index contributed by atoms with van der Waals surface area (Å²) in [5, 5.41) is 17.1. The van der Waals surface area contributed by atoms with Crippen molar-refractivity contribution in [3.63, 3.8) is 0 Å². The maximum absolute atomic E-state index is 12.3. The van der Waals surface area contributed by atoms with Gasteiger partial charge in [-0.2, -0.15) is 5.26 Å². The van der Waals surface area contributed by atoms with E-state index in [1.807, 2.05) is 31.3 Å². The maximum atomic E-state index is 12.3. The number of aromatic nitrogens is 1. The van der Waals surface area contributed by atoms with E-state index in [2.05, 4.69) is 26.2 Å². The van der Waals surface area contributed by atoms with E-state index in [4.69, 9.17) is 0 Å². The summed E-state index contributed by atoms with van der Waals surface area (Å²) in [5.41, 5.74) is 1.79. The van der Waals surface area contributed by atoms with Gasteiger partial charge in [-0.1, -0.05) is 18.2 Å². The number of para-hydroxylation sites is 1. The number of benzene rings is 1. The number of nitrogens with zero attached hydrogens (tertiary/aromatic N) is 3. The van der Waals surface area contributed by atoms with E-state index >= 15 is 0 Å². The molecule has 2 aliphatic rings. The molecule has 2 atom stereocenters. The van der Waals surface area contributed by atoms with Gasteiger partial charge >= 0.3 is 0 Å². The molecule has 0 bridgehead atoms. The SMILES string of the molecule is Cn1c(N2CCC(NC(=O)C3CCCN3)C2)c(C#N)c2ccccc21. The molecule has 2 N–H and O–H groups in total. The molecule has 1 amide bonds. The Kier molecular flexibility index (Phi) is 4.10.